The van der Waals surface area contributed by atoms with E-state index in [1.807, 2.05) is 31.2 Å². The lowest BCUT2D eigenvalue weighted by Gasteiger charge is -2.22. The van der Waals surface area contributed by atoms with E-state index in [1.165, 1.54) is 0 Å². The maximum Gasteiger partial charge on any atom is 0.232 e. The summed E-state index contributed by atoms with van der Waals surface area (Å²) in [6.45, 7) is 2.05. The SMILES string of the molecule is CC1=C(c2cc(O)c3c(c2O)CCCC3)c2ccccc2C1C1C(=O)Nc2c(Br)cc(Br)cc21. The molecule has 0 bridgehead atoms. The van der Waals surface area contributed by atoms with Crippen molar-refractivity contribution in [2.75, 3.05) is 5.32 Å². The third-order valence-electron chi connectivity index (χ3n) is 7.58. The van der Waals surface area contributed by atoms with Gasteiger partial charge in [0, 0.05) is 31.6 Å². The van der Waals surface area contributed by atoms with Crippen LogP contribution in [-0.2, 0) is 17.6 Å². The van der Waals surface area contributed by atoms with Crippen molar-refractivity contribution in [3.8, 4) is 11.5 Å². The van der Waals surface area contributed by atoms with Crippen LogP contribution in [0.1, 0.15) is 65.0 Å². The molecule has 1 aliphatic heterocycles. The summed E-state index contributed by atoms with van der Waals surface area (Å²) in [6.07, 6.45) is 3.58. The largest absolute Gasteiger partial charge is 0.508 e. The van der Waals surface area contributed by atoms with Crippen LogP contribution in [0.2, 0.25) is 0 Å². The van der Waals surface area contributed by atoms with Crippen molar-refractivity contribution in [2.45, 2.75) is 44.4 Å². The molecule has 6 heteroatoms. The van der Waals surface area contributed by atoms with Crippen molar-refractivity contribution in [3.63, 3.8) is 0 Å². The number of anilines is 1. The second-order valence-corrected chi connectivity index (χ2v) is 11.2. The van der Waals surface area contributed by atoms with Crippen LogP contribution in [0.5, 0.6) is 11.5 Å². The van der Waals surface area contributed by atoms with Gasteiger partial charge in [-0.25, -0.2) is 0 Å². The summed E-state index contributed by atoms with van der Waals surface area (Å²) in [5, 5.41) is 25.3. The van der Waals surface area contributed by atoms with Crippen molar-refractivity contribution in [1.82, 2.24) is 0 Å². The fourth-order valence-electron chi connectivity index (χ4n) is 6.12. The molecule has 6 rings (SSSR count). The van der Waals surface area contributed by atoms with E-state index in [0.717, 1.165) is 79.3 Å². The number of benzene rings is 3. The third-order valence-corrected chi connectivity index (χ3v) is 8.66. The van der Waals surface area contributed by atoms with Gasteiger partial charge >= 0.3 is 0 Å². The van der Waals surface area contributed by atoms with Gasteiger partial charge in [0.2, 0.25) is 5.91 Å². The third kappa shape index (κ3) is 3.11. The van der Waals surface area contributed by atoms with Gasteiger partial charge in [-0.3, -0.25) is 4.79 Å². The Balaban J connectivity index is 1.58. The van der Waals surface area contributed by atoms with Crippen LogP contribution < -0.4 is 5.32 Å². The standard InChI is InChI=1S/C28H23Br2NO3/c1-13-23(20-12-22(32)15-6-2-5-9-18(15)27(20)33)16-7-3-4-8-17(16)24(13)25-19-10-14(29)11-21(30)26(19)31-28(25)34/h3-4,7-8,10-12,24-25,32-33H,2,5-6,9H2,1H3,(H,31,34). The van der Waals surface area contributed by atoms with E-state index >= 15 is 0 Å². The summed E-state index contributed by atoms with van der Waals surface area (Å²) in [5.74, 6) is -0.0895. The summed E-state index contributed by atoms with van der Waals surface area (Å²) < 4.78 is 1.75. The Morgan fingerprint density at radius 1 is 0.912 bits per heavy atom. The molecule has 0 fully saturated rings. The van der Waals surface area contributed by atoms with Gasteiger partial charge in [0.05, 0.1) is 11.6 Å². The molecule has 0 spiro atoms. The van der Waals surface area contributed by atoms with Crippen molar-refractivity contribution in [1.29, 1.82) is 0 Å². The Bertz CT molecular complexity index is 1430. The Hall–Kier alpha value is -2.57. The molecule has 2 atom stereocenters. The van der Waals surface area contributed by atoms with Gasteiger partial charge in [0.15, 0.2) is 0 Å². The highest BCUT2D eigenvalue weighted by atomic mass is 79.9. The number of amides is 1. The zero-order valence-corrected chi connectivity index (χ0v) is 21.8. The van der Waals surface area contributed by atoms with Crippen LogP contribution in [0.25, 0.3) is 5.57 Å². The van der Waals surface area contributed by atoms with Gasteiger partial charge in [0.1, 0.15) is 11.5 Å². The van der Waals surface area contributed by atoms with Crippen LogP contribution in [-0.4, -0.2) is 16.1 Å². The number of halogens is 2. The molecule has 1 heterocycles. The lowest BCUT2D eigenvalue weighted by Crippen LogP contribution is -2.19. The maximum atomic E-state index is 13.3. The lowest BCUT2D eigenvalue weighted by molar-refractivity contribution is -0.117. The molecule has 34 heavy (non-hydrogen) atoms. The Morgan fingerprint density at radius 2 is 1.65 bits per heavy atom. The van der Waals surface area contributed by atoms with Gasteiger partial charge < -0.3 is 15.5 Å². The average Bonchev–Trinajstić information content (AvgIpc) is 3.29. The topological polar surface area (TPSA) is 69.6 Å². The number of phenolic OH excluding ortho intramolecular Hbond substituents is 2. The summed E-state index contributed by atoms with van der Waals surface area (Å²) >= 11 is 7.17. The van der Waals surface area contributed by atoms with E-state index in [4.69, 9.17) is 0 Å². The molecular formula is C28H23Br2NO3. The maximum absolute atomic E-state index is 13.3. The van der Waals surface area contributed by atoms with Gasteiger partial charge in [0.25, 0.3) is 0 Å². The number of hydrogen-bond acceptors (Lipinski definition) is 3. The zero-order chi connectivity index (χ0) is 23.7. The van der Waals surface area contributed by atoms with Crippen LogP contribution in [0.15, 0.2) is 57.0 Å². The Morgan fingerprint density at radius 3 is 2.44 bits per heavy atom. The number of nitrogens with one attached hydrogen (secondary N) is 1. The number of aromatic hydroxyl groups is 2. The van der Waals surface area contributed by atoms with Crippen LogP contribution in [0, 0.1) is 0 Å². The molecule has 3 aromatic carbocycles. The second kappa shape index (κ2) is 7.99. The summed E-state index contributed by atoms with van der Waals surface area (Å²) in [5.41, 5.74) is 8.15. The molecule has 3 N–H and O–H groups in total. The zero-order valence-electron chi connectivity index (χ0n) is 18.6. The predicted molar refractivity (Wildman–Crippen MR) is 141 cm³/mol. The minimum absolute atomic E-state index is 0.0355. The highest BCUT2D eigenvalue weighted by Gasteiger charge is 2.44. The molecule has 4 nitrogen and oxygen atoms in total. The van der Waals surface area contributed by atoms with Crippen LogP contribution in [0.3, 0.4) is 0 Å². The Labute approximate surface area is 215 Å². The first kappa shape index (κ1) is 21.9. The first-order chi connectivity index (χ1) is 16.4. The fourth-order valence-corrected chi connectivity index (χ4v) is 7.48. The van der Waals surface area contributed by atoms with Crippen molar-refractivity contribution < 1.29 is 15.0 Å². The first-order valence-corrected chi connectivity index (χ1v) is 13.1. The Kier molecular flexibility index (Phi) is 5.15. The molecule has 172 valence electrons. The normalized spacial score (nSPS) is 20.7. The number of carbonyl (C=O) groups is 1. The predicted octanol–water partition coefficient (Wildman–Crippen LogP) is 7.16. The number of phenols is 2. The number of hydrogen-bond donors (Lipinski definition) is 3. The minimum Gasteiger partial charge on any atom is -0.508 e. The number of carbonyl (C=O) groups excluding carboxylic acids is 1. The number of rotatable bonds is 2. The van der Waals surface area contributed by atoms with E-state index in [0.29, 0.717) is 5.56 Å². The summed E-state index contributed by atoms with van der Waals surface area (Å²) in [4.78, 5) is 13.3. The fraction of sp³-hybridized carbons (Fsp3) is 0.250. The van der Waals surface area contributed by atoms with E-state index < -0.39 is 5.92 Å². The van der Waals surface area contributed by atoms with E-state index in [-0.39, 0.29) is 23.3 Å². The molecule has 0 saturated heterocycles. The average molecular weight is 581 g/mol. The highest BCUT2D eigenvalue weighted by Crippen LogP contribution is 2.56. The summed E-state index contributed by atoms with van der Waals surface area (Å²) in [6, 6.07) is 13.8. The molecule has 3 aliphatic rings. The van der Waals surface area contributed by atoms with Crippen molar-refractivity contribution in [2.24, 2.45) is 0 Å². The number of fused-ring (bicyclic) bond motifs is 3. The van der Waals surface area contributed by atoms with E-state index in [2.05, 4.69) is 49.3 Å². The first-order valence-electron chi connectivity index (χ1n) is 11.5. The van der Waals surface area contributed by atoms with Crippen molar-refractivity contribution >= 4 is 49.0 Å². The molecule has 2 unspecified atom stereocenters. The molecule has 1 amide bonds. The van der Waals surface area contributed by atoms with Gasteiger partial charge in [-0.15, -0.1) is 0 Å². The summed E-state index contributed by atoms with van der Waals surface area (Å²) in [7, 11) is 0. The number of allylic oxidation sites excluding steroid dienone is 1. The molecule has 2 aliphatic carbocycles. The minimum atomic E-state index is -0.393. The second-order valence-electron chi connectivity index (χ2n) is 9.40. The highest BCUT2D eigenvalue weighted by molar-refractivity contribution is 9.11. The smallest absolute Gasteiger partial charge is 0.232 e. The molecule has 0 radical (unpaired) electrons. The van der Waals surface area contributed by atoms with Gasteiger partial charge in [-0.2, -0.15) is 0 Å². The van der Waals surface area contributed by atoms with E-state index in [9.17, 15) is 15.0 Å². The quantitative estimate of drug-likeness (QED) is 0.282. The molecule has 0 saturated carbocycles. The van der Waals surface area contributed by atoms with E-state index in [1.54, 1.807) is 6.07 Å². The molecular weight excluding hydrogens is 558 g/mol. The molecule has 0 aromatic heterocycles. The van der Waals surface area contributed by atoms with Gasteiger partial charge in [-0.05, 0) is 89.0 Å². The van der Waals surface area contributed by atoms with Crippen LogP contribution in [0.4, 0.5) is 5.69 Å². The molecule has 3 aromatic rings. The lowest BCUT2D eigenvalue weighted by atomic mass is 9.80. The van der Waals surface area contributed by atoms with Crippen LogP contribution >= 0.6 is 31.9 Å². The van der Waals surface area contributed by atoms with Crippen molar-refractivity contribution in [3.05, 3.63) is 90.4 Å². The monoisotopic (exact) mass is 579 g/mol. The van der Waals surface area contributed by atoms with Gasteiger partial charge in [-0.1, -0.05) is 45.8 Å².